The number of hydrogen-bond acceptors (Lipinski definition) is 4. The van der Waals surface area contributed by atoms with Crippen LogP contribution >= 0.6 is 0 Å². The quantitative estimate of drug-likeness (QED) is 0.288. The van der Waals surface area contributed by atoms with E-state index in [1.54, 1.807) is 27.7 Å². The first-order chi connectivity index (χ1) is 5.82. The van der Waals surface area contributed by atoms with Gasteiger partial charge in [-0.3, -0.25) is 0 Å². The summed E-state index contributed by atoms with van der Waals surface area (Å²) in [5, 5.41) is 11.3. The van der Waals surface area contributed by atoms with Crippen LogP contribution in [-0.4, -0.2) is 33.1 Å². The second-order valence-electron chi connectivity index (χ2n) is 4.09. The summed E-state index contributed by atoms with van der Waals surface area (Å²) >= 11 is 0. The Morgan fingerprint density at radius 2 is 2.00 bits per heavy atom. The Labute approximate surface area is 76.7 Å². The number of nitrogens with zero attached hydrogens (tertiary/aromatic N) is 3. The Hall–Kier alpha value is -1.26. The molecule has 1 heterocycles. The van der Waals surface area contributed by atoms with Crippen molar-refractivity contribution in [2.24, 2.45) is 10.1 Å². The maximum absolute atomic E-state index is 11.7. The van der Waals surface area contributed by atoms with E-state index in [2.05, 4.69) is 10.1 Å². The van der Waals surface area contributed by atoms with E-state index in [4.69, 9.17) is 5.21 Å². The first kappa shape index (κ1) is 9.83. The number of nitroso groups, excluding NO2 is 1. The number of rotatable bonds is 1. The van der Waals surface area contributed by atoms with Gasteiger partial charge in [0, 0.05) is 37.4 Å². The molecule has 0 radical (unpaired) electrons. The summed E-state index contributed by atoms with van der Waals surface area (Å²) in [5.41, 5.74) is -1.01. The van der Waals surface area contributed by atoms with Crippen LogP contribution in [0.4, 0.5) is 0 Å². The predicted octanol–water partition coefficient (Wildman–Crippen LogP) is 1.19. The zero-order valence-electron chi connectivity index (χ0n) is 8.27. The van der Waals surface area contributed by atoms with Gasteiger partial charge in [0.15, 0.2) is 0 Å². The van der Waals surface area contributed by atoms with Crippen molar-refractivity contribution < 1.29 is 9.97 Å². The highest BCUT2D eigenvalue weighted by Crippen LogP contribution is 2.29. The van der Waals surface area contributed by atoms with E-state index in [1.807, 2.05) is 0 Å². The molecule has 0 saturated carbocycles. The third kappa shape index (κ3) is 1.34. The van der Waals surface area contributed by atoms with Gasteiger partial charge >= 0.3 is 0 Å². The SMILES string of the molecule is CC1(C)N=C(/C=N/O)C(C)(C)[N+]1=O. The van der Waals surface area contributed by atoms with Gasteiger partial charge in [0.05, 0.1) is 6.21 Å². The van der Waals surface area contributed by atoms with Gasteiger partial charge in [0.1, 0.15) is 5.71 Å². The van der Waals surface area contributed by atoms with Crippen molar-refractivity contribution in [3.63, 3.8) is 0 Å². The summed E-state index contributed by atoms with van der Waals surface area (Å²) in [5.74, 6) is 0. The van der Waals surface area contributed by atoms with Crippen molar-refractivity contribution in [2.45, 2.75) is 38.9 Å². The molecule has 0 atom stereocenters. The number of aliphatic imine (C=N–C) groups is 1. The first-order valence-electron chi connectivity index (χ1n) is 4.07. The zero-order valence-corrected chi connectivity index (χ0v) is 8.27. The maximum Gasteiger partial charge on any atom is 0.298 e. The van der Waals surface area contributed by atoms with Crippen LogP contribution in [0.2, 0.25) is 0 Å². The van der Waals surface area contributed by atoms with Crippen molar-refractivity contribution in [2.75, 3.05) is 0 Å². The monoisotopic (exact) mass is 184 g/mol. The second-order valence-corrected chi connectivity index (χ2v) is 4.09. The lowest BCUT2D eigenvalue weighted by Crippen LogP contribution is -2.43. The van der Waals surface area contributed by atoms with Crippen LogP contribution in [0.15, 0.2) is 10.1 Å². The molecule has 72 valence electrons. The molecule has 13 heavy (non-hydrogen) atoms. The summed E-state index contributed by atoms with van der Waals surface area (Å²) in [4.78, 5) is 15.9. The fraction of sp³-hybridized carbons (Fsp3) is 0.750. The van der Waals surface area contributed by atoms with Crippen LogP contribution in [0.5, 0.6) is 0 Å². The molecule has 0 aliphatic carbocycles. The van der Waals surface area contributed by atoms with Gasteiger partial charge in [-0.25, -0.2) is 4.99 Å². The molecule has 0 aromatic heterocycles. The highest BCUT2D eigenvalue weighted by Gasteiger charge is 2.56. The van der Waals surface area contributed by atoms with Crippen molar-refractivity contribution in [3.8, 4) is 0 Å². The molecule has 5 nitrogen and oxygen atoms in total. The molecule has 1 N–H and O–H groups in total. The van der Waals surface area contributed by atoms with Crippen LogP contribution < -0.4 is 0 Å². The fourth-order valence-electron chi connectivity index (χ4n) is 1.51. The van der Waals surface area contributed by atoms with Crippen LogP contribution in [-0.2, 0) is 0 Å². The molecule has 0 spiro atoms. The predicted molar refractivity (Wildman–Crippen MR) is 49.5 cm³/mol. The van der Waals surface area contributed by atoms with Gasteiger partial charge in [-0.1, -0.05) is 5.16 Å². The summed E-state index contributed by atoms with van der Waals surface area (Å²) in [7, 11) is 0. The van der Waals surface area contributed by atoms with Gasteiger partial charge in [-0.2, -0.15) is 0 Å². The van der Waals surface area contributed by atoms with Gasteiger partial charge in [0.2, 0.25) is 0 Å². The van der Waals surface area contributed by atoms with Crippen LogP contribution in [0.3, 0.4) is 0 Å². The average Bonchev–Trinajstić information content (AvgIpc) is 2.14. The molecule has 1 aliphatic rings. The maximum atomic E-state index is 11.7. The highest BCUT2D eigenvalue weighted by molar-refractivity contribution is 6.34. The average molecular weight is 184 g/mol. The van der Waals surface area contributed by atoms with Crippen LogP contribution in [0.25, 0.3) is 0 Å². The fourth-order valence-corrected chi connectivity index (χ4v) is 1.51. The Balaban J connectivity index is 3.17. The number of oxime groups is 1. The topological polar surface area (TPSA) is 65.0 Å². The minimum Gasteiger partial charge on any atom is -0.411 e. The normalized spacial score (nSPS) is 25.2. The number of hydrogen-bond donors (Lipinski definition) is 1. The summed E-state index contributed by atoms with van der Waals surface area (Å²) in [6, 6.07) is 0. The van der Waals surface area contributed by atoms with Crippen molar-refractivity contribution in [3.05, 3.63) is 4.91 Å². The standard InChI is InChI=1S/C8H13N3O2/c1-7(2)6(5-9-12)10-8(3,4)11(7)13/h5H,1-4H3/p+1/b9-5+. The Morgan fingerprint density at radius 1 is 1.46 bits per heavy atom. The van der Waals surface area contributed by atoms with E-state index in [1.165, 1.54) is 6.21 Å². The smallest absolute Gasteiger partial charge is 0.298 e. The van der Waals surface area contributed by atoms with E-state index in [0.717, 1.165) is 4.76 Å². The van der Waals surface area contributed by atoms with E-state index in [9.17, 15) is 4.91 Å². The van der Waals surface area contributed by atoms with Crippen molar-refractivity contribution in [1.29, 1.82) is 0 Å². The zero-order chi connectivity index (χ0) is 10.3. The van der Waals surface area contributed by atoms with Crippen molar-refractivity contribution in [1.82, 2.24) is 0 Å². The Bertz CT molecular complexity index is 303. The molecular weight excluding hydrogens is 170 g/mol. The first-order valence-corrected chi connectivity index (χ1v) is 4.07. The summed E-state index contributed by atoms with van der Waals surface area (Å²) < 4.78 is 0.900. The molecule has 0 aromatic rings. The lowest BCUT2D eigenvalue weighted by atomic mass is 10.00. The van der Waals surface area contributed by atoms with Gasteiger partial charge in [-0.15, -0.1) is 0 Å². The van der Waals surface area contributed by atoms with E-state index in [-0.39, 0.29) is 0 Å². The molecule has 1 rings (SSSR count). The minimum atomic E-state index is -0.778. The van der Waals surface area contributed by atoms with Gasteiger partial charge in [0.25, 0.3) is 11.2 Å². The molecule has 0 amide bonds. The van der Waals surface area contributed by atoms with E-state index in [0.29, 0.717) is 5.71 Å². The third-order valence-electron chi connectivity index (χ3n) is 2.21. The van der Waals surface area contributed by atoms with Gasteiger partial charge in [-0.05, 0) is 0 Å². The van der Waals surface area contributed by atoms with Crippen LogP contribution in [0.1, 0.15) is 27.7 Å². The van der Waals surface area contributed by atoms with E-state index >= 15 is 0 Å². The lowest BCUT2D eigenvalue weighted by molar-refractivity contribution is -0.653. The molecule has 0 aromatic carbocycles. The van der Waals surface area contributed by atoms with E-state index < -0.39 is 11.2 Å². The third-order valence-corrected chi connectivity index (χ3v) is 2.21. The van der Waals surface area contributed by atoms with Gasteiger partial charge < -0.3 is 5.21 Å². The summed E-state index contributed by atoms with van der Waals surface area (Å²) in [6.45, 7) is 6.93. The molecular formula is C8H14N3O2+. The largest absolute Gasteiger partial charge is 0.411 e. The summed E-state index contributed by atoms with van der Waals surface area (Å²) in [6.07, 6.45) is 1.21. The molecule has 0 bridgehead atoms. The lowest BCUT2D eigenvalue weighted by Gasteiger charge is -2.11. The second kappa shape index (κ2) is 2.61. The molecule has 0 saturated heterocycles. The molecule has 5 heteroatoms. The molecule has 0 unspecified atom stereocenters. The van der Waals surface area contributed by atoms with Crippen LogP contribution in [0, 0.1) is 4.91 Å². The minimum absolute atomic E-state index is 0.495. The molecule has 1 aliphatic heterocycles. The Kier molecular flexibility index (Phi) is 1.98. The Morgan fingerprint density at radius 3 is 2.31 bits per heavy atom. The highest BCUT2D eigenvalue weighted by atomic mass is 16.4. The van der Waals surface area contributed by atoms with Crippen molar-refractivity contribution >= 4 is 11.9 Å². The molecule has 0 fully saturated rings.